The van der Waals surface area contributed by atoms with Crippen molar-refractivity contribution in [3.63, 3.8) is 0 Å². The summed E-state index contributed by atoms with van der Waals surface area (Å²) in [5.41, 5.74) is 0.667. The summed E-state index contributed by atoms with van der Waals surface area (Å²) < 4.78 is 0. The van der Waals surface area contributed by atoms with E-state index < -0.39 is 0 Å². The van der Waals surface area contributed by atoms with Crippen molar-refractivity contribution < 1.29 is 9.78 Å². The molecule has 2 nitrogen and oxygen atoms in total. The lowest BCUT2D eigenvalue weighted by Gasteiger charge is -1.68. The lowest BCUT2D eigenvalue weighted by Crippen LogP contribution is -1.85. The molecular weight excluding hydrogens is 92.1 g/mol. The van der Waals surface area contributed by atoms with Crippen LogP contribution in [0.25, 0.3) is 0 Å². The molecule has 36 valence electrons. The molecule has 5 fully saturated rings. The van der Waals surface area contributed by atoms with Crippen LogP contribution in [-0.2, 0) is 9.78 Å². The van der Waals surface area contributed by atoms with Gasteiger partial charge in [0.2, 0.25) is 6.29 Å². The van der Waals surface area contributed by atoms with E-state index in [-0.39, 0.29) is 6.29 Å². The number of rotatable bonds is 1. The summed E-state index contributed by atoms with van der Waals surface area (Å²) in [5, 5.41) is 0. The van der Waals surface area contributed by atoms with Crippen LogP contribution in [0.1, 0.15) is 0 Å². The van der Waals surface area contributed by atoms with Crippen molar-refractivity contribution in [1.29, 1.82) is 0 Å². The van der Waals surface area contributed by atoms with E-state index in [0.717, 1.165) is 17.8 Å². The van der Waals surface area contributed by atoms with E-state index in [1.165, 1.54) is 0 Å². The molecule has 0 unspecified atom stereocenters. The molecule has 7 heavy (non-hydrogen) atoms. The molecule has 1 aliphatic heterocycles. The topological polar surface area (TPSA) is 25.1 Å². The largest absolute Gasteiger partial charge is 0.231 e. The Morgan fingerprint density at radius 3 is 1.71 bits per heavy atom. The highest BCUT2D eigenvalue weighted by molar-refractivity contribution is 5.56. The van der Waals surface area contributed by atoms with Crippen molar-refractivity contribution in [3.8, 4) is 0 Å². The Bertz CT molecular complexity index is 145. The van der Waals surface area contributed by atoms with Gasteiger partial charge in [-0.05, 0) is 17.8 Å². The summed E-state index contributed by atoms with van der Waals surface area (Å²) in [6.07, 6.45) is 0.271. The summed E-state index contributed by atoms with van der Waals surface area (Å²) in [6, 6.07) is 0. The molecule has 0 N–H and O–H groups in total. The van der Waals surface area contributed by atoms with Crippen molar-refractivity contribution in [2.24, 2.45) is 23.2 Å². The molecule has 4 saturated carbocycles. The first-order valence-electron chi connectivity index (χ1n) is 2.79. The van der Waals surface area contributed by atoms with E-state index in [1.807, 2.05) is 0 Å². The van der Waals surface area contributed by atoms with Gasteiger partial charge in [0.1, 0.15) is 0 Å². The zero-order chi connectivity index (χ0) is 4.22. The second kappa shape index (κ2) is 0.361. The first kappa shape index (κ1) is 2.46. The van der Waals surface area contributed by atoms with Crippen molar-refractivity contribution in [3.05, 3.63) is 0 Å². The van der Waals surface area contributed by atoms with E-state index in [2.05, 4.69) is 0 Å². The molecule has 0 atom stereocenters. The average molecular weight is 96.1 g/mol. The standard InChI is InChI=1S/C5H4O2/c6-4(7-6)5-1-2(5)3(1)5/h1-4H. The van der Waals surface area contributed by atoms with E-state index in [1.54, 1.807) is 0 Å². The molecule has 0 aromatic heterocycles. The van der Waals surface area contributed by atoms with Crippen LogP contribution >= 0.6 is 0 Å². The van der Waals surface area contributed by atoms with Gasteiger partial charge in [0.25, 0.3) is 0 Å². The van der Waals surface area contributed by atoms with Gasteiger partial charge in [-0.1, -0.05) is 0 Å². The average Bonchev–Trinajstić information content (AvgIpc) is 2.35. The van der Waals surface area contributed by atoms with Gasteiger partial charge < -0.3 is 0 Å². The molecule has 0 radical (unpaired) electrons. The monoisotopic (exact) mass is 96.0 g/mol. The Morgan fingerprint density at radius 2 is 1.57 bits per heavy atom. The van der Waals surface area contributed by atoms with Crippen molar-refractivity contribution >= 4 is 0 Å². The van der Waals surface area contributed by atoms with Crippen LogP contribution in [0, 0.1) is 23.2 Å². The maximum Gasteiger partial charge on any atom is 0.231 e. The maximum absolute atomic E-state index is 4.70. The fraction of sp³-hybridized carbons (Fsp3) is 1.00. The number of hydrogen-bond acceptors (Lipinski definition) is 2. The van der Waals surface area contributed by atoms with Gasteiger partial charge in [0.05, 0.1) is 0 Å². The second-order valence-corrected chi connectivity index (χ2v) is 3.10. The molecule has 0 bridgehead atoms. The second-order valence-electron chi connectivity index (χ2n) is 3.10. The van der Waals surface area contributed by atoms with E-state index in [9.17, 15) is 0 Å². The highest BCUT2D eigenvalue weighted by atomic mass is 17.4. The summed E-state index contributed by atoms with van der Waals surface area (Å²) in [7, 11) is 0. The van der Waals surface area contributed by atoms with Gasteiger partial charge in [-0.2, -0.15) is 9.78 Å². The summed E-state index contributed by atoms with van der Waals surface area (Å²) in [4.78, 5) is 9.40. The minimum Gasteiger partial charge on any atom is -0.198 e. The Kier molecular flexibility index (Phi) is 0.127. The van der Waals surface area contributed by atoms with Crippen molar-refractivity contribution in [1.82, 2.24) is 0 Å². The predicted octanol–water partition coefficient (Wildman–Crippen LogP) is 0.150. The van der Waals surface area contributed by atoms with Crippen molar-refractivity contribution in [2.45, 2.75) is 6.29 Å². The molecule has 1 saturated heterocycles. The van der Waals surface area contributed by atoms with Crippen LogP contribution in [-0.4, -0.2) is 6.29 Å². The Balaban J connectivity index is 1.94. The van der Waals surface area contributed by atoms with Gasteiger partial charge >= 0.3 is 0 Å². The Morgan fingerprint density at radius 1 is 1.00 bits per heavy atom. The normalized spacial score (nSPS) is 88.3. The smallest absolute Gasteiger partial charge is 0.198 e. The molecule has 0 amide bonds. The minimum absolute atomic E-state index is 0.271. The van der Waals surface area contributed by atoms with Gasteiger partial charge in [-0.25, -0.2) is 0 Å². The third kappa shape index (κ3) is 0.0952. The lowest BCUT2D eigenvalue weighted by atomic mass is 10.4. The summed E-state index contributed by atoms with van der Waals surface area (Å²) in [5.74, 6) is 3.25. The summed E-state index contributed by atoms with van der Waals surface area (Å²) in [6.45, 7) is 0. The Labute approximate surface area is 40.3 Å². The first-order chi connectivity index (χ1) is 3.47. The fourth-order valence-electron chi connectivity index (χ4n) is 2.08. The highest BCUT2D eigenvalue weighted by Crippen LogP contribution is 3.11. The van der Waals surface area contributed by atoms with Crippen LogP contribution in [0.3, 0.4) is 0 Å². The van der Waals surface area contributed by atoms with Crippen LogP contribution in [0.5, 0.6) is 0 Å². The van der Waals surface area contributed by atoms with Gasteiger partial charge in [0.15, 0.2) is 0 Å². The zero-order valence-corrected chi connectivity index (χ0v) is 3.63. The molecular formula is C5H4O2. The molecule has 5 aliphatic rings. The van der Waals surface area contributed by atoms with Crippen molar-refractivity contribution in [2.75, 3.05) is 0 Å². The highest BCUT2D eigenvalue weighted by Gasteiger charge is 3.13. The van der Waals surface area contributed by atoms with Crippen LogP contribution in [0.2, 0.25) is 0 Å². The molecule has 1 heterocycles. The van der Waals surface area contributed by atoms with Gasteiger partial charge in [-0.3, -0.25) is 0 Å². The predicted molar refractivity (Wildman–Crippen MR) is 18.9 cm³/mol. The molecule has 0 aromatic rings. The zero-order valence-electron chi connectivity index (χ0n) is 3.63. The van der Waals surface area contributed by atoms with Crippen LogP contribution < -0.4 is 0 Å². The maximum atomic E-state index is 4.70. The molecule has 4 aliphatic carbocycles. The molecule has 0 spiro atoms. The third-order valence-electron chi connectivity index (χ3n) is 3.03. The Hall–Kier alpha value is -0.0800. The van der Waals surface area contributed by atoms with Crippen LogP contribution in [0.4, 0.5) is 0 Å². The van der Waals surface area contributed by atoms with E-state index in [0.29, 0.717) is 5.41 Å². The molecule has 5 rings (SSSR count). The van der Waals surface area contributed by atoms with E-state index >= 15 is 0 Å². The fourth-order valence-corrected chi connectivity index (χ4v) is 2.08. The SMILES string of the molecule is O1OC1C12C3C1C32. The third-order valence-corrected chi connectivity index (χ3v) is 3.03. The number of hydrogen-bond donors (Lipinski definition) is 0. The lowest BCUT2D eigenvalue weighted by molar-refractivity contribution is 0.0850. The minimum atomic E-state index is 0.271. The van der Waals surface area contributed by atoms with Gasteiger partial charge in [-0.15, -0.1) is 0 Å². The van der Waals surface area contributed by atoms with Gasteiger partial charge in [0, 0.05) is 5.41 Å². The summed E-state index contributed by atoms with van der Waals surface area (Å²) >= 11 is 0. The first-order valence-corrected chi connectivity index (χ1v) is 2.79. The van der Waals surface area contributed by atoms with E-state index in [4.69, 9.17) is 9.78 Å². The quantitative estimate of drug-likeness (QED) is 0.343. The molecule has 0 aromatic carbocycles. The van der Waals surface area contributed by atoms with Crippen LogP contribution in [0.15, 0.2) is 0 Å². The molecule has 2 heteroatoms.